The van der Waals surface area contributed by atoms with E-state index >= 15 is 0 Å². The van der Waals surface area contributed by atoms with Crippen LogP contribution in [0.25, 0.3) is 21.1 Å². The van der Waals surface area contributed by atoms with Crippen LogP contribution in [-0.4, -0.2) is 98.3 Å². The zero-order valence-corrected chi connectivity index (χ0v) is 25.9. The Morgan fingerprint density at radius 1 is 1.07 bits per heavy atom. The lowest BCUT2D eigenvalue weighted by atomic mass is 10.0. The summed E-state index contributed by atoms with van der Waals surface area (Å²) in [5.74, 6) is 2.60. The molecule has 0 bridgehead atoms. The lowest BCUT2D eigenvalue weighted by Crippen LogP contribution is -2.49. The van der Waals surface area contributed by atoms with E-state index in [9.17, 15) is 28.3 Å². The van der Waals surface area contributed by atoms with Gasteiger partial charge >= 0.3 is 6.18 Å². The topological polar surface area (TPSA) is 114 Å². The molecule has 10 nitrogen and oxygen atoms in total. The summed E-state index contributed by atoms with van der Waals surface area (Å²) in [5.41, 5.74) is 2.10. The Labute approximate surface area is 268 Å². The maximum absolute atomic E-state index is 12.9. The number of aromatic hydroxyl groups is 1. The number of terminal acetylenes is 1. The Balaban J connectivity index is 1.06. The van der Waals surface area contributed by atoms with E-state index in [1.54, 1.807) is 11.0 Å². The van der Waals surface area contributed by atoms with Crippen molar-refractivity contribution in [2.45, 2.75) is 44.6 Å². The zero-order chi connectivity index (χ0) is 32.4. The molecular weight excluding hydrogens is 617 g/mol. The van der Waals surface area contributed by atoms with Crippen LogP contribution in [0.2, 0.25) is 0 Å². The van der Waals surface area contributed by atoms with Gasteiger partial charge in [-0.1, -0.05) is 0 Å². The number of halogens is 3. The Bertz CT molecular complexity index is 1820. The number of piperidine rings is 1. The fraction of sp³-hybridized carbons (Fsp3) is 0.438. The SMILES string of the molecule is C#CC(=O)N1CCN(CCn2c(C#N)cc3cc(CN4CCC(Nc5ncnc6sc(CC(F)(F)F)cc56)CC4)c(O)cc32)CC1. The van der Waals surface area contributed by atoms with Crippen molar-refractivity contribution in [3.8, 4) is 24.2 Å². The minimum atomic E-state index is -4.28. The van der Waals surface area contributed by atoms with Gasteiger partial charge in [0, 0.05) is 86.8 Å². The van der Waals surface area contributed by atoms with Crippen LogP contribution in [0.4, 0.5) is 19.0 Å². The van der Waals surface area contributed by atoms with Crippen LogP contribution in [0.1, 0.15) is 29.0 Å². The molecule has 0 saturated carbocycles. The largest absolute Gasteiger partial charge is 0.508 e. The molecule has 2 aliphatic heterocycles. The normalized spacial score (nSPS) is 16.9. The van der Waals surface area contributed by atoms with Crippen molar-refractivity contribution in [2.24, 2.45) is 0 Å². The number of nitriles is 1. The Morgan fingerprint density at radius 2 is 1.83 bits per heavy atom. The molecule has 0 spiro atoms. The van der Waals surface area contributed by atoms with Crippen molar-refractivity contribution in [3.05, 3.63) is 46.7 Å². The van der Waals surface area contributed by atoms with E-state index in [1.807, 2.05) is 16.7 Å². The second kappa shape index (κ2) is 13.2. The highest BCUT2D eigenvalue weighted by Gasteiger charge is 2.29. The van der Waals surface area contributed by atoms with Crippen LogP contribution >= 0.6 is 11.3 Å². The minimum absolute atomic E-state index is 0.101. The van der Waals surface area contributed by atoms with Crippen LogP contribution in [0, 0.1) is 23.7 Å². The van der Waals surface area contributed by atoms with E-state index < -0.39 is 12.6 Å². The minimum Gasteiger partial charge on any atom is -0.508 e. The van der Waals surface area contributed by atoms with E-state index in [4.69, 9.17) is 6.42 Å². The summed E-state index contributed by atoms with van der Waals surface area (Å²) < 4.78 is 40.7. The maximum Gasteiger partial charge on any atom is 0.393 e. The number of rotatable bonds is 8. The number of hydrogen-bond acceptors (Lipinski definition) is 9. The standard InChI is InChI=1S/C32H33F3N8O2S/c1-2-29(45)42-10-7-40(8-11-42)9-12-43-24(18-36)14-21-13-22(28(44)16-27(21)43)19-41-5-3-23(4-6-41)39-30-26-15-25(17-32(33,34)35)46-31(26)38-20-37-30/h1,13-16,20,23,44H,3-12,17,19H2,(H,37,38,39). The summed E-state index contributed by atoms with van der Waals surface area (Å²) in [6.07, 6.45) is 2.95. The Kier molecular flexibility index (Phi) is 9.04. The van der Waals surface area contributed by atoms with Crippen molar-refractivity contribution >= 4 is 44.2 Å². The van der Waals surface area contributed by atoms with E-state index in [1.165, 1.54) is 12.4 Å². The van der Waals surface area contributed by atoms with Crippen molar-refractivity contribution in [1.29, 1.82) is 5.26 Å². The number of aromatic nitrogens is 3. The molecule has 2 aliphatic rings. The summed E-state index contributed by atoms with van der Waals surface area (Å²) >= 11 is 1.04. The Hall–Kier alpha value is -4.37. The number of nitrogens with zero attached hydrogens (tertiary/aromatic N) is 7. The van der Waals surface area contributed by atoms with Gasteiger partial charge in [0.1, 0.15) is 34.5 Å². The third-order valence-corrected chi connectivity index (χ3v) is 9.76. The molecule has 0 unspecified atom stereocenters. The molecule has 0 atom stereocenters. The van der Waals surface area contributed by atoms with E-state index in [-0.39, 0.29) is 22.6 Å². The first-order chi connectivity index (χ1) is 22.1. The summed E-state index contributed by atoms with van der Waals surface area (Å²) in [5, 5.41) is 25.8. The molecule has 6 rings (SSSR count). The smallest absolute Gasteiger partial charge is 0.393 e. The highest BCUT2D eigenvalue weighted by molar-refractivity contribution is 7.18. The average Bonchev–Trinajstić information content (AvgIpc) is 3.60. The molecule has 0 radical (unpaired) electrons. The number of alkyl halides is 3. The number of phenols is 1. The number of benzene rings is 1. The lowest BCUT2D eigenvalue weighted by Gasteiger charge is -2.33. The second-order valence-corrected chi connectivity index (χ2v) is 12.9. The number of likely N-dealkylation sites (tertiary alicyclic amines) is 1. The number of anilines is 1. The van der Waals surface area contributed by atoms with Crippen LogP contribution in [0.15, 0.2) is 30.6 Å². The predicted molar refractivity (Wildman–Crippen MR) is 169 cm³/mol. The summed E-state index contributed by atoms with van der Waals surface area (Å²) in [6.45, 7) is 5.89. The molecule has 0 aliphatic carbocycles. The molecular formula is C32H33F3N8O2S. The van der Waals surface area contributed by atoms with E-state index in [0.717, 1.165) is 53.7 Å². The van der Waals surface area contributed by atoms with E-state index in [0.29, 0.717) is 67.5 Å². The molecule has 4 aromatic rings. The Morgan fingerprint density at radius 3 is 2.52 bits per heavy atom. The number of fused-ring (bicyclic) bond motifs is 2. The molecule has 2 fully saturated rings. The number of thiophene rings is 1. The summed E-state index contributed by atoms with van der Waals surface area (Å²) in [6, 6.07) is 9.45. The van der Waals surface area contributed by atoms with E-state index in [2.05, 4.69) is 37.1 Å². The molecule has 1 aromatic carbocycles. The van der Waals surface area contributed by atoms with Gasteiger partial charge in [-0.25, -0.2) is 9.97 Å². The van der Waals surface area contributed by atoms with Gasteiger partial charge in [0.15, 0.2) is 0 Å². The average molecular weight is 651 g/mol. The fourth-order valence-electron chi connectivity index (χ4n) is 6.29. The number of piperazine rings is 1. The molecule has 46 heavy (non-hydrogen) atoms. The van der Waals surface area contributed by atoms with Gasteiger partial charge in [-0.05, 0) is 37.0 Å². The van der Waals surface area contributed by atoms with Gasteiger partial charge in [0.2, 0.25) is 0 Å². The van der Waals surface area contributed by atoms with Crippen LogP contribution in [-0.2, 0) is 24.3 Å². The molecule has 1 amide bonds. The van der Waals surface area contributed by atoms with Crippen molar-refractivity contribution < 1.29 is 23.1 Å². The maximum atomic E-state index is 12.9. The highest BCUT2D eigenvalue weighted by Crippen LogP contribution is 2.34. The fourth-order valence-corrected chi connectivity index (χ4v) is 7.31. The van der Waals surface area contributed by atoms with Gasteiger partial charge in [0.05, 0.1) is 17.3 Å². The van der Waals surface area contributed by atoms with Crippen LogP contribution in [0.3, 0.4) is 0 Å². The quantitative estimate of drug-likeness (QED) is 0.273. The third-order valence-electron chi connectivity index (χ3n) is 8.72. The van der Waals surface area contributed by atoms with Crippen LogP contribution < -0.4 is 5.32 Å². The number of carbonyl (C=O) groups excluding carboxylic acids is 1. The van der Waals surface area contributed by atoms with Gasteiger partial charge in [-0.15, -0.1) is 17.8 Å². The first-order valence-corrected chi connectivity index (χ1v) is 15.9. The van der Waals surface area contributed by atoms with Crippen LogP contribution in [0.5, 0.6) is 5.75 Å². The van der Waals surface area contributed by atoms with Crippen molar-refractivity contribution in [1.82, 2.24) is 29.2 Å². The van der Waals surface area contributed by atoms with Gasteiger partial charge in [0.25, 0.3) is 5.91 Å². The summed E-state index contributed by atoms with van der Waals surface area (Å²) in [4.78, 5) is 27.1. The molecule has 3 aromatic heterocycles. The number of nitrogens with one attached hydrogen (secondary N) is 1. The van der Waals surface area contributed by atoms with Crippen molar-refractivity contribution in [3.63, 3.8) is 0 Å². The molecule has 5 heterocycles. The first-order valence-electron chi connectivity index (χ1n) is 15.1. The number of carbonyl (C=O) groups is 1. The predicted octanol–water partition coefficient (Wildman–Crippen LogP) is 4.18. The monoisotopic (exact) mass is 650 g/mol. The van der Waals surface area contributed by atoms with Crippen molar-refractivity contribution in [2.75, 3.05) is 51.1 Å². The lowest BCUT2D eigenvalue weighted by molar-refractivity contribution is -0.127. The van der Waals surface area contributed by atoms with Gasteiger partial charge in [-0.2, -0.15) is 18.4 Å². The second-order valence-electron chi connectivity index (χ2n) is 11.8. The van der Waals surface area contributed by atoms with Gasteiger partial charge in [-0.3, -0.25) is 14.6 Å². The van der Waals surface area contributed by atoms with Gasteiger partial charge < -0.3 is 19.9 Å². The number of hydrogen-bond donors (Lipinski definition) is 2. The molecule has 14 heteroatoms. The number of amides is 1. The zero-order valence-electron chi connectivity index (χ0n) is 25.1. The highest BCUT2D eigenvalue weighted by atomic mass is 32.1. The molecule has 240 valence electrons. The number of phenolic OH excluding ortho intramolecular Hbond substituents is 1. The molecule has 2 saturated heterocycles. The first kappa shape index (κ1) is 31.6. The molecule has 2 N–H and O–H groups in total. The summed E-state index contributed by atoms with van der Waals surface area (Å²) in [7, 11) is 0. The third kappa shape index (κ3) is 7.04.